The molecule has 3 aromatic rings. The van der Waals surface area contributed by atoms with Gasteiger partial charge < -0.3 is 25.3 Å². The molecule has 3 N–H and O–H groups in total. The van der Waals surface area contributed by atoms with Gasteiger partial charge in [-0.2, -0.15) is 5.10 Å². The summed E-state index contributed by atoms with van der Waals surface area (Å²) < 4.78 is 37.3. The van der Waals surface area contributed by atoms with E-state index < -0.39 is 22.7 Å². The van der Waals surface area contributed by atoms with E-state index in [1.807, 2.05) is 0 Å². The van der Waals surface area contributed by atoms with Crippen molar-refractivity contribution < 1.29 is 23.1 Å². The Morgan fingerprint density at radius 2 is 2.08 bits per heavy atom. The van der Waals surface area contributed by atoms with Crippen molar-refractivity contribution in [2.24, 2.45) is 12.8 Å². The summed E-state index contributed by atoms with van der Waals surface area (Å²) in [5.41, 5.74) is 6.02. The average molecular weight is 523 g/mol. The van der Waals surface area contributed by atoms with Gasteiger partial charge in [-0.05, 0) is 18.1 Å². The van der Waals surface area contributed by atoms with Crippen molar-refractivity contribution in [2.75, 3.05) is 26.0 Å². The number of methoxy groups -OCH3 is 1. The molecule has 0 spiro atoms. The number of aromatic nitrogens is 4. The third-order valence-corrected chi connectivity index (χ3v) is 6.45. The van der Waals surface area contributed by atoms with Crippen LogP contribution in [0.4, 0.5) is 14.6 Å². The molecule has 0 saturated carbocycles. The van der Waals surface area contributed by atoms with E-state index in [4.69, 9.17) is 10.5 Å². The number of nitrogens with one attached hydrogen (secondary N) is 1. The van der Waals surface area contributed by atoms with Crippen LogP contribution in [0.15, 0.2) is 37.0 Å². The highest BCUT2D eigenvalue weighted by Gasteiger charge is 2.44. The number of ether oxygens (including phenoxy) is 1. The molecule has 4 rings (SSSR count). The monoisotopic (exact) mass is 522 g/mol. The van der Waals surface area contributed by atoms with Gasteiger partial charge in [-0.25, -0.2) is 18.4 Å². The molecule has 0 unspecified atom stereocenters. The summed E-state index contributed by atoms with van der Waals surface area (Å²) in [7, 11) is 8.28. The Labute approximate surface area is 214 Å². The first-order chi connectivity index (χ1) is 17.6. The molecule has 3 heterocycles. The highest BCUT2D eigenvalue weighted by Crippen LogP contribution is 2.37. The number of primary amides is 1. The van der Waals surface area contributed by atoms with E-state index in [0.717, 1.165) is 0 Å². The second-order valence-corrected chi connectivity index (χ2v) is 9.24. The molecule has 1 aliphatic heterocycles. The number of nitrogens with two attached hydrogens (primary N) is 1. The highest BCUT2D eigenvalue weighted by atomic mass is 28.1. The number of allylic oxidation sites excluding steroid dienone is 1. The lowest BCUT2D eigenvalue weighted by Crippen LogP contribution is -2.40. The molecule has 2 aromatic heterocycles. The molecule has 0 aliphatic carbocycles. The Morgan fingerprint density at radius 3 is 2.70 bits per heavy atom. The van der Waals surface area contributed by atoms with E-state index in [1.54, 1.807) is 14.1 Å². The number of benzene rings is 1. The van der Waals surface area contributed by atoms with E-state index in [9.17, 15) is 18.4 Å². The van der Waals surface area contributed by atoms with Crippen LogP contribution >= 0.6 is 0 Å². The lowest BCUT2D eigenvalue weighted by Gasteiger charge is -2.26. The average Bonchev–Trinajstić information content (AvgIpc) is 3.53. The topological polar surface area (TPSA) is 120 Å². The first-order valence-electron chi connectivity index (χ1n) is 10.9. The number of fused-ring (bicyclic) bond motifs is 1. The van der Waals surface area contributed by atoms with Gasteiger partial charge in [-0.15, -0.1) is 0 Å². The molecule has 37 heavy (non-hydrogen) atoms. The predicted octanol–water partition coefficient (Wildman–Crippen LogP) is 1.32. The van der Waals surface area contributed by atoms with E-state index in [0.29, 0.717) is 5.70 Å². The summed E-state index contributed by atoms with van der Waals surface area (Å²) in [5, 5.41) is 6.33. The zero-order valence-electron chi connectivity index (χ0n) is 20.2. The minimum atomic E-state index is -1.15. The van der Waals surface area contributed by atoms with E-state index in [2.05, 4.69) is 44.1 Å². The molecular formula is C24H22F2N7O3Si. The Bertz CT molecular complexity index is 1550. The normalized spacial score (nSPS) is 18.1. The highest BCUT2D eigenvalue weighted by molar-refractivity contribution is 6.15. The number of aryl methyl sites for hydroxylation is 1. The van der Waals surface area contributed by atoms with Crippen LogP contribution < -0.4 is 11.1 Å². The molecule has 1 aliphatic rings. The smallest absolute Gasteiger partial charge is 0.255 e. The van der Waals surface area contributed by atoms with Gasteiger partial charge in [0.1, 0.15) is 23.2 Å². The number of hydrogen-bond donors (Lipinski definition) is 2. The van der Waals surface area contributed by atoms with Gasteiger partial charge in [-0.1, -0.05) is 12.5 Å². The number of carbonyl (C=O) groups excluding carboxylic acids is 2. The maximum Gasteiger partial charge on any atom is 0.255 e. The summed E-state index contributed by atoms with van der Waals surface area (Å²) in [5.74, 6) is 1.96. The largest absolute Gasteiger partial charge is 0.503 e. The van der Waals surface area contributed by atoms with E-state index in [1.165, 1.54) is 46.0 Å². The number of amides is 2. The van der Waals surface area contributed by atoms with Crippen LogP contribution in [0.2, 0.25) is 0 Å². The summed E-state index contributed by atoms with van der Waals surface area (Å²) in [6.07, 6.45) is 4.18. The molecule has 1 atom stereocenters. The van der Waals surface area contributed by atoms with Gasteiger partial charge in [0.2, 0.25) is 5.91 Å². The lowest BCUT2D eigenvalue weighted by atomic mass is 10.1. The van der Waals surface area contributed by atoms with Crippen molar-refractivity contribution in [3.05, 3.63) is 65.5 Å². The standard InChI is InChI=1S/C24H22F2N7O3Si/c1-5-17(34)32-11-24(37,9-14(32)10-36-4)33-23(28-2)18(22(27)35)15(30-33)7-6-13-8-16-21(20(26)19(13)25)31(3)12-29-16/h5,8,10,12,28H,1,9,11H2,2-4H3,(H2,27,35)/b14-10+/t24-/m1/s1. The van der Waals surface area contributed by atoms with Gasteiger partial charge >= 0.3 is 0 Å². The van der Waals surface area contributed by atoms with E-state index in [-0.39, 0.29) is 52.5 Å². The van der Waals surface area contributed by atoms with Crippen molar-refractivity contribution in [1.82, 2.24) is 24.2 Å². The van der Waals surface area contributed by atoms with Crippen LogP contribution in [-0.4, -0.2) is 67.0 Å². The second kappa shape index (κ2) is 9.55. The predicted molar refractivity (Wildman–Crippen MR) is 132 cm³/mol. The summed E-state index contributed by atoms with van der Waals surface area (Å²) >= 11 is 0. The molecular weight excluding hydrogens is 500 g/mol. The van der Waals surface area contributed by atoms with Crippen LogP contribution in [0, 0.1) is 23.5 Å². The Morgan fingerprint density at radius 1 is 1.35 bits per heavy atom. The molecule has 2 amide bonds. The number of nitrogens with zero attached hydrogens (tertiary/aromatic N) is 5. The fourth-order valence-electron chi connectivity index (χ4n) is 4.27. The van der Waals surface area contributed by atoms with Crippen molar-refractivity contribution in [2.45, 2.75) is 11.6 Å². The fourth-order valence-corrected chi connectivity index (χ4v) is 4.77. The van der Waals surface area contributed by atoms with Crippen LogP contribution in [0.3, 0.4) is 0 Å². The number of carbonyl (C=O) groups is 2. The third-order valence-electron chi connectivity index (χ3n) is 5.91. The summed E-state index contributed by atoms with van der Waals surface area (Å²) in [6.45, 7) is 3.63. The third kappa shape index (κ3) is 4.25. The number of anilines is 1. The van der Waals surface area contributed by atoms with Crippen LogP contribution in [-0.2, 0) is 21.7 Å². The molecule has 10 nitrogen and oxygen atoms in total. The Kier molecular flexibility index (Phi) is 6.62. The number of halogens is 2. The van der Waals surface area contributed by atoms with Crippen molar-refractivity contribution in [3.8, 4) is 11.8 Å². The number of likely N-dealkylation sites (tertiary alicyclic amines) is 1. The fraction of sp³-hybridized carbons (Fsp3) is 0.250. The molecule has 1 fully saturated rings. The summed E-state index contributed by atoms with van der Waals surface area (Å²) in [4.78, 5) is 30.4. The van der Waals surface area contributed by atoms with Gasteiger partial charge in [0.25, 0.3) is 5.91 Å². The quantitative estimate of drug-likeness (QED) is 0.226. The van der Waals surface area contributed by atoms with Crippen LogP contribution in [0.1, 0.15) is 28.0 Å². The minimum Gasteiger partial charge on any atom is -0.503 e. The maximum absolute atomic E-state index is 14.8. The molecule has 3 radical (unpaired) electrons. The Balaban J connectivity index is 1.85. The van der Waals surface area contributed by atoms with Crippen molar-refractivity contribution in [1.29, 1.82) is 0 Å². The molecule has 1 saturated heterocycles. The van der Waals surface area contributed by atoms with Gasteiger partial charge in [0.15, 0.2) is 17.3 Å². The zero-order chi connectivity index (χ0) is 27.1. The molecule has 0 bridgehead atoms. The van der Waals surface area contributed by atoms with Gasteiger partial charge in [-0.3, -0.25) is 9.59 Å². The van der Waals surface area contributed by atoms with Gasteiger partial charge in [0, 0.05) is 27.1 Å². The SMILES string of the molecule is C=CC(=O)N1C[C@@]([Si])(n2nc(C#Cc3cc4ncn(C)c4c(F)c3F)c(C(N)=O)c2NC)C/C1=C\OC. The Hall–Kier alpha value is -4.44. The molecule has 189 valence electrons. The number of imidazole rings is 1. The first kappa shape index (κ1) is 25.6. The molecule has 1 aromatic carbocycles. The van der Waals surface area contributed by atoms with Gasteiger partial charge in [0.05, 0.1) is 45.6 Å². The maximum atomic E-state index is 14.8. The lowest BCUT2D eigenvalue weighted by molar-refractivity contribution is -0.123. The minimum absolute atomic E-state index is 0.00313. The zero-order valence-corrected chi connectivity index (χ0v) is 21.2. The van der Waals surface area contributed by atoms with Crippen LogP contribution in [0.5, 0.6) is 0 Å². The molecule has 13 heteroatoms. The second-order valence-electron chi connectivity index (χ2n) is 8.31. The number of hydrogen-bond acceptors (Lipinski definition) is 6. The van der Waals surface area contributed by atoms with Crippen LogP contribution in [0.25, 0.3) is 11.0 Å². The van der Waals surface area contributed by atoms with E-state index >= 15 is 0 Å². The van der Waals surface area contributed by atoms with Crippen molar-refractivity contribution >= 4 is 38.9 Å². The summed E-state index contributed by atoms with van der Waals surface area (Å²) in [6, 6.07) is 1.31. The van der Waals surface area contributed by atoms with Crippen molar-refractivity contribution in [3.63, 3.8) is 0 Å². The first-order valence-corrected chi connectivity index (χ1v) is 11.4. The number of rotatable bonds is 5.